The van der Waals surface area contributed by atoms with Gasteiger partial charge in [-0.05, 0) is 84.5 Å². The van der Waals surface area contributed by atoms with Crippen molar-refractivity contribution < 1.29 is 9.53 Å². The topological polar surface area (TPSA) is 79.4 Å². The molecule has 0 unspecified atom stereocenters. The standard InChI is InChI=1S/C26H24N4O2/c1-3-32-20-12-9-17(10-13-20)16(2)27-30-26(31)24-15-23(28-29-24)21-14-11-19-8-7-18-5-4-6-22(21)25(18)19/h4-6,9-15H,3,7-8H2,1-2H3,(H,28,29)(H,30,31). The highest BCUT2D eigenvalue weighted by Crippen LogP contribution is 2.36. The Kier molecular flexibility index (Phi) is 5.19. The first kappa shape index (κ1) is 20.0. The van der Waals surface area contributed by atoms with Crippen molar-refractivity contribution in [3.8, 4) is 17.0 Å². The van der Waals surface area contributed by atoms with E-state index in [9.17, 15) is 4.79 Å². The predicted octanol–water partition coefficient (Wildman–Crippen LogP) is 4.88. The van der Waals surface area contributed by atoms with E-state index >= 15 is 0 Å². The summed E-state index contributed by atoms with van der Waals surface area (Å²) in [5.74, 6) is 0.473. The SMILES string of the molecule is CCOc1ccc(C(C)=NNC(=O)c2cc(-c3ccc4c5c(cccc35)CC4)n[nH]2)cc1. The number of nitrogens with zero attached hydrogens (tertiary/aromatic N) is 2. The van der Waals surface area contributed by atoms with Crippen molar-refractivity contribution in [3.63, 3.8) is 0 Å². The largest absolute Gasteiger partial charge is 0.494 e. The number of amides is 1. The molecule has 0 radical (unpaired) electrons. The molecule has 6 nitrogen and oxygen atoms in total. The molecule has 32 heavy (non-hydrogen) atoms. The number of H-pyrrole nitrogens is 1. The minimum atomic E-state index is -0.333. The molecule has 6 heteroatoms. The molecule has 1 aromatic heterocycles. The average molecular weight is 425 g/mol. The fourth-order valence-corrected chi connectivity index (χ4v) is 4.26. The summed E-state index contributed by atoms with van der Waals surface area (Å²) in [6.07, 6.45) is 2.16. The van der Waals surface area contributed by atoms with E-state index in [4.69, 9.17) is 4.74 Å². The van der Waals surface area contributed by atoms with Crippen LogP contribution in [0, 0.1) is 0 Å². The molecule has 1 aliphatic rings. The number of rotatable bonds is 6. The van der Waals surface area contributed by atoms with Crippen LogP contribution >= 0.6 is 0 Å². The molecule has 0 fully saturated rings. The van der Waals surface area contributed by atoms with Gasteiger partial charge >= 0.3 is 0 Å². The molecule has 1 aliphatic carbocycles. The Hall–Kier alpha value is -3.93. The monoisotopic (exact) mass is 424 g/mol. The number of hydrogen-bond donors (Lipinski definition) is 2. The third-order valence-corrected chi connectivity index (χ3v) is 5.88. The lowest BCUT2D eigenvalue weighted by atomic mass is 9.98. The molecule has 3 aromatic carbocycles. The molecule has 4 aromatic rings. The van der Waals surface area contributed by atoms with Crippen molar-refractivity contribution in [2.24, 2.45) is 5.10 Å². The van der Waals surface area contributed by atoms with Crippen molar-refractivity contribution in [2.45, 2.75) is 26.7 Å². The lowest BCUT2D eigenvalue weighted by Crippen LogP contribution is -2.19. The second-order valence-electron chi connectivity index (χ2n) is 7.87. The third kappa shape index (κ3) is 3.64. The van der Waals surface area contributed by atoms with Gasteiger partial charge in [0.25, 0.3) is 5.91 Å². The number of aromatic nitrogens is 2. The molecule has 0 spiro atoms. The van der Waals surface area contributed by atoms with E-state index < -0.39 is 0 Å². The second kappa shape index (κ2) is 8.30. The Labute approximate surface area is 186 Å². The Bertz CT molecular complexity index is 1330. The summed E-state index contributed by atoms with van der Waals surface area (Å²) in [5, 5.41) is 14.0. The van der Waals surface area contributed by atoms with Gasteiger partial charge in [-0.15, -0.1) is 0 Å². The Morgan fingerprint density at radius 3 is 2.66 bits per heavy atom. The van der Waals surface area contributed by atoms with Crippen LogP contribution in [-0.4, -0.2) is 28.4 Å². The summed E-state index contributed by atoms with van der Waals surface area (Å²) in [6.45, 7) is 4.42. The molecule has 2 N–H and O–H groups in total. The van der Waals surface area contributed by atoms with Crippen LogP contribution in [0.15, 0.2) is 65.8 Å². The molecule has 1 heterocycles. The van der Waals surface area contributed by atoms with Crippen molar-refractivity contribution >= 4 is 22.4 Å². The Morgan fingerprint density at radius 1 is 1.09 bits per heavy atom. The Balaban J connectivity index is 1.35. The van der Waals surface area contributed by atoms with Gasteiger partial charge in [-0.3, -0.25) is 9.89 Å². The van der Waals surface area contributed by atoms with Gasteiger partial charge in [0, 0.05) is 5.56 Å². The molecule has 160 valence electrons. The van der Waals surface area contributed by atoms with Gasteiger partial charge in [0.2, 0.25) is 0 Å². The van der Waals surface area contributed by atoms with E-state index in [2.05, 4.69) is 51.1 Å². The summed E-state index contributed by atoms with van der Waals surface area (Å²) < 4.78 is 5.46. The molecule has 0 bridgehead atoms. The van der Waals surface area contributed by atoms with Crippen LogP contribution in [0.25, 0.3) is 22.0 Å². The van der Waals surface area contributed by atoms with E-state index in [1.807, 2.05) is 38.1 Å². The van der Waals surface area contributed by atoms with Crippen molar-refractivity contribution in [1.82, 2.24) is 15.6 Å². The maximum absolute atomic E-state index is 12.6. The van der Waals surface area contributed by atoms with Gasteiger partial charge in [0.1, 0.15) is 11.4 Å². The normalized spacial score (nSPS) is 12.9. The summed E-state index contributed by atoms with van der Waals surface area (Å²) in [6, 6.07) is 20.1. The number of aryl methyl sites for hydroxylation is 2. The first-order chi connectivity index (χ1) is 15.6. The maximum Gasteiger partial charge on any atom is 0.289 e. The van der Waals surface area contributed by atoms with Gasteiger partial charge in [-0.25, -0.2) is 5.43 Å². The highest BCUT2D eigenvalue weighted by Gasteiger charge is 2.18. The van der Waals surface area contributed by atoms with Crippen LogP contribution in [0.2, 0.25) is 0 Å². The van der Waals surface area contributed by atoms with Gasteiger partial charge in [0.15, 0.2) is 0 Å². The fourth-order valence-electron chi connectivity index (χ4n) is 4.26. The van der Waals surface area contributed by atoms with Gasteiger partial charge in [-0.1, -0.05) is 30.3 Å². The van der Waals surface area contributed by atoms with E-state index in [-0.39, 0.29) is 5.91 Å². The zero-order chi connectivity index (χ0) is 22.1. The number of nitrogens with one attached hydrogen (secondary N) is 2. The fraction of sp³-hybridized carbons (Fsp3) is 0.192. The van der Waals surface area contributed by atoms with Crippen LogP contribution in [0.1, 0.15) is 41.0 Å². The quantitative estimate of drug-likeness (QED) is 0.342. The molecule has 0 saturated heterocycles. The van der Waals surface area contributed by atoms with Crippen LogP contribution in [-0.2, 0) is 12.8 Å². The van der Waals surface area contributed by atoms with Gasteiger partial charge in [-0.2, -0.15) is 10.2 Å². The number of aromatic amines is 1. The number of benzene rings is 3. The molecule has 1 amide bonds. The smallest absolute Gasteiger partial charge is 0.289 e. The third-order valence-electron chi connectivity index (χ3n) is 5.88. The molecular formula is C26H24N4O2. The zero-order valence-corrected chi connectivity index (χ0v) is 18.1. The molecule has 0 saturated carbocycles. The first-order valence-electron chi connectivity index (χ1n) is 10.8. The van der Waals surface area contributed by atoms with E-state index in [0.717, 1.165) is 35.4 Å². The summed E-state index contributed by atoms with van der Waals surface area (Å²) >= 11 is 0. The van der Waals surface area contributed by atoms with Crippen molar-refractivity contribution in [3.05, 3.63) is 83.0 Å². The highest BCUT2D eigenvalue weighted by atomic mass is 16.5. The van der Waals surface area contributed by atoms with Gasteiger partial charge < -0.3 is 4.74 Å². The number of ether oxygens (including phenoxy) is 1. The Morgan fingerprint density at radius 2 is 1.88 bits per heavy atom. The zero-order valence-electron chi connectivity index (χ0n) is 18.1. The average Bonchev–Trinajstić information content (AvgIpc) is 3.47. The highest BCUT2D eigenvalue weighted by molar-refractivity contribution is 6.03. The number of carbonyl (C=O) groups is 1. The van der Waals surface area contributed by atoms with Crippen molar-refractivity contribution in [2.75, 3.05) is 6.61 Å². The lowest BCUT2D eigenvalue weighted by molar-refractivity contribution is 0.0950. The van der Waals surface area contributed by atoms with Crippen molar-refractivity contribution in [1.29, 1.82) is 0 Å². The van der Waals surface area contributed by atoms with E-state index in [0.29, 0.717) is 18.0 Å². The van der Waals surface area contributed by atoms with Gasteiger partial charge in [0.05, 0.1) is 18.0 Å². The maximum atomic E-state index is 12.6. The summed E-state index contributed by atoms with van der Waals surface area (Å²) in [5.41, 5.74) is 9.13. The first-order valence-corrected chi connectivity index (χ1v) is 10.8. The molecule has 0 aliphatic heterocycles. The second-order valence-corrected chi connectivity index (χ2v) is 7.87. The number of hydrogen-bond acceptors (Lipinski definition) is 4. The van der Waals surface area contributed by atoms with Crippen LogP contribution in [0.3, 0.4) is 0 Å². The minimum absolute atomic E-state index is 0.333. The molecular weight excluding hydrogens is 400 g/mol. The van der Waals surface area contributed by atoms with Crippen LogP contribution < -0.4 is 10.2 Å². The number of carbonyl (C=O) groups excluding carboxylic acids is 1. The summed E-state index contributed by atoms with van der Waals surface area (Å²) in [7, 11) is 0. The minimum Gasteiger partial charge on any atom is -0.494 e. The number of hydrazone groups is 1. The lowest BCUT2D eigenvalue weighted by Gasteiger charge is -2.06. The van der Waals surface area contributed by atoms with E-state index in [1.54, 1.807) is 6.07 Å². The molecule has 5 rings (SSSR count). The van der Waals surface area contributed by atoms with Crippen LogP contribution in [0.4, 0.5) is 0 Å². The van der Waals surface area contributed by atoms with E-state index in [1.165, 1.54) is 21.9 Å². The summed E-state index contributed by atoms with van der Waals surface area (Å²) in [4.78, 5) is 12.6. The van der Waals surface area contributed by atoms with Crippen LogP contribution in [0.5, 0.6) is 5.75 Å². The molecule has 0 atom stereocenters. The predicted molar refractivity (Wildman–Crippen MR) is 126 cm³/mol.